The van der Waals surface area contributed by atoms with Gasteiger partial charge in [-0.1, -0.05) is 0 Å². The third kappa shape index (κ3) is 3.58. The van der Waals surface area contributed by atoms with Gasteiger partial charge in [0, 0.05) is 6.20 Å². The van der Waals surface area contributed by atoms with Crippen LogP contribution in [0.4, 0.5) is 0 Å². The molecule has 6 N–H and O–H groups in total. The average molecular weight is 386 g/mol. The van der Waals surface area contributed by atoms with E-state index in [0.29, 0.717) is 0 Å². The molecule has 0 aliphatic carbocycles. The van der Waals surface area contributed by atoms with Crippen molar-refractivity contribution in [3.05, 3.63) is 31.5 Å². The Morgan fingerprint density at radius 1 is 1.48 bits per heavy atom. The Kier molecular flexibility index (Phi) is 5.28. The number of aliphatic hydroxyl groups is 2. The molecule has 12 heteroatoms. The molecule has 21 heavy (non-hydrogen) atoms. The highest BCUT2D eigenvalue weighted by atomic mass is 79.9. The minimum absolute atomic E-state index is 0.0629. The average Bonchev–Trinajstić information content (AvgIpc) is 2.68. The van der Waals surface area contributed by atoms with Crippen LogP contribution in [0.3, 0.4) is 0 Å². The molecule has 10 nitrogen and oxygen atoms in total. The van der Waals surface area contributed by atoms with Crippen molar-refractivity contribution in [2.45, 2.75) is 24.5 Å². The topological polar surface area (TPSA) is 160 Å². The van der Waals surface area contributed by atoms with Crippen LogP contribution in [0.1, 0.15) is 6.23 Å². The maximum absolute atomic E-state index is 11.7. The van der Waals surface area contributed by atoms with Crippen molar-refractivity contribution < 1.29 is 24.4 Å². The summed E-state index contributed by atoms with van der Waals surface area (Å²) in [5.41, 5.74) is 3.63. The lowest BCUT2D eigenvalue weighted by atomic mass is 10.1. The maximum atomic E-state index is 11.7. The van der Waals surface area contributed by atoms with Crippen LogP contribution < -0.4 is 16.8 Å². The Bertz CT molecular complexity index is 620. The van der Waals surface area contributed by atoms with Gasteiger partial charge in [0.25, 0.3) is 5.56 Å². The number of halogens is 1. The largest absolute Gasteiger partial charge is 0.387 e. The molecule has 0 amide bonds. The van der Waals surface area contributed by atoms with Crippen LogP contribution in [-0.2, 0) is 9.26 Å². The third-order valence-corrected chi connectivity index (χ3v) is 3.89. The summed E-state index contributed by atoms with van der Waals surface area (Å²) in [6.45, 7) is -0.257. The van der Waals surface area contributed by atoms with Gasteiger partial charge in [0.15, 0.2) is 6.23 Å². The molecule has 1 aliphatic rings. The second-order valence-electron chi connectivity index (χ2n) is 4.29. The molecule has 0 radical (unpaired) electrons. The molecule has 0 saturated carbocycles. The van der Waals surface area contributed by atoms with E-state index < -0.39 is 44.3 Å². The van der Waals surface area contributed by atoms with E-state index in [1.165, 1.54) is 0 Å². The monoisotopic (exact) mass is 385 g/mol. The van der Waals surface area contributed by atoms with Crippen LogP contribution in [0.2, 0.25) is 0 Å². The molecule has 0 spiro atoms. The Hall–Kier alpha value is -0.650. The lowest BCUT2D eigenvalue weighted by Crippen LogP contribution is -2.38. The van der Waals surface area contributed by atoms with Crippen LogP contribution in [-0.4, -0.2) is 49.6 Å². The number of rotatable bonds is 4. The number of nitrogens with two attached hydrogens (primary N) is 1. The quantitative estimate of drug-likeness (QED) is 0.376. The molecule has 118 valence electrons. The van der Waals surface area contributed by atoms with Crippen molar-refractivity contribution >= 4 is 24.5 Å². The van der Waals surface area contributed by atoms with E-state index in [4.69, 9.17) is 19.7 Å². The van der Waals surface area contributed by atoms with Gasteiger partial charge in [-0.05, 0) is 15.9 Å². The van der Waals surface area contributed by atoms with Gasteiger partial charge in [-0.25, -0.2) is 4.79 Å². The zero-order chi connectivity index (χ0) is 15.7. The van der Waals surface area contributed by atoms with E-state index in [-0.39, 0.29) is 11.1 Å². The molecule has 1 unspecified atom stereocenters. The number of aromatic amines is 1. The number of aromatic nitrogens is 2. The predicted molar refractivity (Wildman–Crippen MR) is 74.2 cm³/mol. The summed E-state index contributed by atoms with van der Waals surface area (Å²) < 4.78 is 11.1. The minimum atomic E-state index is -2.13. The second-order valence-corrected chi connectivity index (χ2v) is 6.01. The van der Waals surface area contributed by atoms with Gasteiger partial charge in [-0.3, -0.25) is 19.8 Å². The fourth-order valence-corrected chi connectivity index (χ4v) is 2.52. The first-order chi connectivity index (χ1) is 9.81. The van der Waals surface area contributed by atoms with E-state index in [1.54, 1.807) is 0 Å². The number of nitrogens with zero attached hydrogens (tertiary/aromatic N) is 1. The molecule has 0 aromatic carbocycles. The molecule has 1 aliphatic heterocycles. The Morgan fingerprint density at radius 3 is 2.76 bits per heavy atom. The SMILES string of the molecule is NP(O)OC[C@H]1O[C@@H](n2cc(Br)c(=O)[nH]c2=O)[C@H](O)[C@@H]1O. The van der Waals surface area contributed by atoms with Crippen molar-refractivity contribution in [2.75, 3.05) is 6.61 Å². The number of hydrogen-bond donors (Lipinski definition) is 5. The van der Waals surface area contributed by atoms with Crippen molar-refractivity contribution in [2.24, 2.45) is 5.50 Å². The first kappa shape index (κ1) is 16.7. The van der Waals surface area contributed by atoms with Crippen molar-refractivity contribution in [3.63, 3.8) is 0 Å². The highest BCUT2D eigenvalue weighted by molar-refractivity contribution is 9.10. The molecule has 1 saturated heterocycles. The summed E-state index contributed by atoms with van der Waals surface area (Å²) in [7, 11) is -2.13. The molecular weight excluding hydrogens is 373 g/mol. The number of H-pyrrole nitrogens is 1. The smallest absolute Gasteiger partial charge is 0.330 e. The summed E-state index contributed by atoms with van der Waals surface area (Å²) >= 11 is 2.95. The Balaban J connectivity index is 2.23. The van der Waals surface area contributed by atoms with Gasteiger partial charge < -0.3 is 24.4 Å². The molecule has 2 rings (SSSR count). The summed E-state index contributed by atoms with van der Waals surface area (Å²) in [5, 5.41) is 19.8. The number of ether oxygens (including phenoxy) is 1. The first-order valence-electron chi connectivity index (χ1n) is 5.70. The van der Waals surface area contributed by atoms with Crippen LogP contribution in [0.15, 0.2) is 20.3 Å². The summed E-state index contributed by atoms with van der Waals surface area (Å²) in [6.07, 6.45) is -3.81. The fourth-order valence-electron chi connectivity index (χ4n) is 1.90. The highest BCUT2D eigenvalue weighted by Crippen LogP contribution is 2.31. The van der Waals surface area contributed by atoms with E-state index >= 15 is 0 Å². The summed E-state index contributed by atoms with van der Waals surface area (Å²) in [6, 6.07) is 0. The van der Waals surface area contributed by atoms with E-state index in [0.717, 1.165) is 10.8 Å². The van der Waals surface area contributed by atoms with Crippen LogP contribution in [0.25, 0.3) is 0 Å². The number of hydrogen-bond acceptors (Lipinski definition) is 8. The Labute approximate surface area is 127 Å². The first-order valence-corrected chi connectivity index (χ1v) is 7.78. The van der Waals surface area contributed by atoms with Gasteiger partial charge in [-0.2, -0.15) is 0 Å². The van der Waals surface area contributed by atoms with Crippen LogP contribution >= 0.6 is 24.5 Å². The molecule has 1 aromatic rings. The van der Waals surface area contributed by atoms with Gasteiger partial charge in [-0.15, -0.1) is 0 Å². The molecule has 2 heterocycles. The zero-order valence-corrected chi connectivity index (χ0v) is 12.9. The van der Waals surface area contributed by atoms with Gasteiger partial charge in [0.05, 0.1) is 11.1 Å². The lowest BCUT2D eigenvalue weighted by molar-refractivity contribution is -0.0515. The normalized spacial score (nSPS) is 30.5. The van der Waals surface area contributed by atoms with Crippen molar-refractivity contribution in [3.8, 4) is 0 Å². The van der Waals surface area contributed by atoms with Crippen molar-refractivity contribution in [1.29, 1.82) is 0 Å². The van der Waals surface area contributed by atoms with E-state index in [9.17, 15) is 19.8 Å². The highest BCUT2D eigenvalue weighted by Gasteiger charge is 2.44. The fraction of sp³-hybridized carbons (Fsp3) is 0.556. The Morgan fingerprint density at radius 2 is 2.14 bits per heavy atom. The third-order valence-electron chi connectivity index (χ3n) is 2.91. The molecule has 1 fully saturated rings. The molecule has 5 atom stereocenters. The van der Waals surface area contributed by atoms with Gasteiger partial charge in [0.1, 0.15) is 18.3 Å². The van der Waals surface area contributed by atoms with E-state index in [2.05, 4.69) is 15.9 Å². The van der Waals surface area contributed by atoms with Crippen molar-refractivity contribution in [1.82, 2.24) is 9.55 Å². The second kappa shape index (κ2) is 6.63. The number of aliphatic hydroxyl groups excluding tert-OH is 2. The van der Waals surface area contributed by atoms with Gasteiger partial charge >= 0.3 is 5.69 Å². The molecule has 1 aromatic heterocycles. The molecule has 0 bridgehead atoms. The lowest BCUT2D eigenvalue weighted by Gasteiger charge is -2.17. The minimum Gasteiger partial charge on any atom is -0.387 e. The number of nitrogens with one attached hydrogen (secondary N) is 1. The van der Waals surface area contributed by atoms with Crippen LogP contribution in [0.5, 0.6) is 0 Å². The maximum Gasteiger partial charge on any atom is 0.330 e. The standard InChI is InChI=1S/C9H13BrN3O7P/c10-3-1-13(9(17)12-7(3)16)8-6(15)5(14)4(20-8)2-19-21(11)18/h1,4-6,8,14-15,18H,2,11H2,(H,12,16,17)/t4-,5-,6-,8-,21?/m1/s1. The summed E-state index contributed by atoms with van der Waals surface area (Å²) in [4.78, 5) is 33.9. The summed E-state index contributed by atoms with van der Waals surface area (Å²) in [5.74, 6) is 0. The predicted octanol–water partition coefficient (Wildman–Crippen LogP) is -1.89. The molecular formula is C9H13BrN3O7P. The van der Waals surface area contributed by atoms with E-state index in [1.807, 2.05) is 4.98 Å². The van der Waals surface area contributed by atoms with Crippen LogP contribution in [0, 0.1) is 0 Å². The van der Waals surface area contributed by atoms with Gasteiger partial charge in [0.2, 0.25) is 8.53 Å². The zero-order valence-electron chi connectivity index (χ0n) is 10.4.